The van der Waals surface area contributed by atoms with Gasteiger partial charge in [-0.1, -0.05) is 0 Å². The van der Waals surface area contributed by atoms with Crippen LogP contribution in [0.4, 0.5) is 5.69 Å². The van der Waals surface area contributed by atoms with Gasteiger partial charge in [0, 0.05) is 19.6 Å². The summed E-state index contributed by atoms with van der Waals surface area (Å²) in [6.07, 6.45) is 6.62. The van der Waals surface area contributed by atoms with Gasteiger partial charge in [0.1, 0.15) is 6.33 Å². The van der Waals surface area contributed by atoms with Crippen LogP contribution in [0.5, 0.6) is 0 Å². The lowest BCUT2D eigenvalue weighted by molar-refractivity contribution is 0.371. The molecule has 1 aliphatic rings. The molecule has 0 aliphatic carbocycles. The van der Waals surface area contributed by atoms with Crippen LogP contribution in [0.2, 0.25) is 0 Å². The first kappa shape index (κ1) is 16.1. The lowest BCUT2D eigenvalue weighted by Crippen LogP contribution is -2.37. The second kappa shape index (κ2) is 7.20. The van der Waals surface area contributed by atoms with Crippen LogP contribution in [-0.2, 0) is 10.9 Å². The molecule has 0 amide bonds. The minimum atomic E-state index is -2.57. The third kappa shape index (κ3) is 3.95. The summed E-state index contributed by atoms with van der Waals surface area (Å²) in [6.45, 7) is 4.59. The lowest BCUT2D eigenvalue weighted by Gasteiger charge is -2.34. The maximum atomic E-state index is 10.4. The fraction of sp³-hybridized carbons (Fsp3) is 0.615. The van der Waals surface area contributed by atoms with Gasteiger partial charge in [0.2, 0.25) is 10.9 Å². The van der Waals surface area contributed by atoms with Crippen molar-refractivity contribution in [3.63, 3.8) is 0 Å². The molecule has 3 rings (SSSR count). The largest absolute Gasteiger partial charge is 0.369 e. The highest BCUT2D eigenvalue weighted by molar-refractivity contribution is 7.70. The molecule has 0 spiro atoms. The fourth-order valence-electron chi connectivity index (χ4n) is 3.00. The smallest absolute Gasteiger partial charge is 0.252 e. The fourth-order valence-corrected chi connectivity index (χ4v) is 3.24. The molecule has 0 radical (unpaired) electrons. The van der Waals surface area contributed by atoms with Crippen molar-refractivity contribution in [1.82, 2.24) is 29.8 Å². The number of hydrogen-bond acceptors (Lipinski definition) is 7. The Balaban J connectivity index is 1.54. The number of hydrogen-bond donors (Lipinski definition) is 3. The summed E-state index contributed by atoms with van der Waals surface area (Å²) in [7, 11) is -2.57. The lowest BCUT2D eigenvalue weighted by atomic mass is 9.93. The molecule has 2 N–H and O–H groups in total. The second-order valence-corrected chi connectivity index (χ2v) is 6.47. The molecule has 126 valence electrons. The molecular formula is C13H21N7O2S. The zero-order valence-corrected chi connectivity index (χ0v) is 13.9. The third-order valence-electron chi connectivity index (χ3n) is 4.24. The Morgan fingerprint density at radius 2 is 2.13 bits per heavy atom. The Morgan fingerprint density at radius 1 is 1.35 bits per heavy atom. The van der Waals surface area contributed by atoms with E-state index >= 15 is 0 Å². The summed E-state index contributed by atoms with van der Waals surface area (Å²) in [4.78, 5) is 13.1. The number of rotatable bonds is 6. The monoisotopic (exact) mass is 339 g/mol. The highest BCUT2D eigenvalue weighted by atomic mass is 32.2. The van der Waals surface area contributed by atoms with E-state index in [0.29, 0.717) is 18.2 Å². The summed E-state index contributed by atoms with van der Waals surface area (Å²) >= 11 is 0. The van der Waals surface area contributed by atoms with Gasteiger partial charge in [0.15, 0.2) is 0 Å². The van der Waals surface area contributed by atoms with E-state index in [-0.39, 0.29) is 0 Å². The first-order chi connectivity index (χ1) is 11.1. The zero-order valence-electron chi connectivity index (χ0n) is 13.0. The maximum absolute atomic E-state index is 10.4. The van der Waals surface area contributed by atoms with Crippen LogP contribution in [0.15, 0.2) is 12.5 Å². The van der Waals surface area contributed by atoms with E-state index in [0.717, 1.165) is 43.7 Å². The van der Waals surface area contributed by atoms with Gasteiger partial charge in [-0.15, -0.1) is 0 Å². The molecule has 0 bridgehead atoms. The van der Waals surface area contributed by atoms with Gasteiger partial charge in [-0.3, -0.25) is 0 Å². The van der Waals surface area contributed by atoms with Crippen molar-refractivity contribution in [1.29, 1.82) is 0 Å². The van der Waals surface area contributed by atoms with Gasteiger partial charge in [-0.2, -0.15) is 14.9 Å². The summed E-state index contributed by atoms with van der Waals surface area (Å²) in [6, 6.07) is 0. The minimum Gasteiger partial charge on any atom is -0.369 e. The van der Waals surface area contributed by atoms with E-state index in [2.05, 4.69) is 30.2 Å². The Kier molecular flexibility index (Phi) is 5.03. The van der Waals surface area contributed by atoms with Gasteiger partial charge < -0.3 is 4.90 Å². The van der Waals surface area contributed by atoms with Gasteiger partial charge in [-0.05, 0) is 32.1 Å². The SMILES string of the molecule is Cc1nc2ncnn2cc1N1CCC(CCNN[SH](=O)=O)CC1. The summed E-state index contributed by atoms with van der Waals surface area (Å²) in [5, 5.41) is 4.15. The second-order valence-electron chi connectivity index (χ2n) is 5.73. The van der Waals surface area contributed by atoms with Crippen molar-refractivity contribution >= 4 is 22.4 Å². The predicted octanol–water partition coefficient (Wildman–Crippen LogP) is -0.340. The minimum absolute atomic E-state index is 0.605. The number of piperidine rings is 1. The molecule has 0 aromatic carbocycles. The normalized spacial score (nSPS) is 16.5. The molecule has 2 aromatic heterocycles. The molecule has 1 saturated heterocycles. The molecular weight excluding hydrogens is 318 g/mol. The van der Waals surface area contributed by atoms with Crippen LogP contribution in [0, 0.1) is 12.8 Å². The molecule has 0 saturated carbocycles. The average Bonchev–Trinajstić information content (AvgIpc) is 2.98. The molecule has 10 heteroatoms. The number of hydrazine groups is 1. The topological polar surface area (TPSA) is 105 Å². The van der Waals surface area contributed by atoms with E-state index in [4.69, 9.17) is 0 Å². The van der Waals surface area contributed by atoms with E-state index < -0.39 is 10.9 Å². The molecule has 0 atom stereocenters. The number of fused-ring (bicyclic) bond motifs is 1. The molecule has 2 aromatic rings. The van der Waals surface area contributed by atoms with Crippen LogP contribution in [0.1, 0.15) is 25.0 Å². The van der Waals surface area contributed by atoms with Crippen LogP contribution in [0.25, 0.3) is 5.78 Å². The predicted molar refractivity (Wildman–Crippen MR) is 86.5 cm³/mol. The van der Waals surface area contributed by atoms with Gasteiger partial charge in [-0.25, -0.2) is 23.3 Å². The van der Waals surface area contributed by atoms with Crippen molar-refractivity contribution in [3.05, 3.63) is 18.2 Å². The van der Waals surface area contributed by atoms with E-state index in [1.807, 2.05) is 13.1 Å². The standard InChI is InChI=1S/C13H21N7O2S/c1-10-12(8-20-13(17-10)14-9-16-20)19-6-3-11(4-7-19)2-5-15-18-23(21)22/h8-9,11,15,23H,2-7H2,1H3,(H,18,21,22). The van der Waals surface area contributed by atoms with Gasteiger partial charge in [0.05, 0.1) is 17.6 Å². The number of nitrogens with zero attached hydrogens (tertiary/aromatic N) is 5. The number of aryl methyl sites for hydroxylation is 1. The first-order valence-electron chi connectivity index (χ1n) is 7.68. The highest BCUT2D eigenvalue weighted by Crippen LogP contribution is 2.26. The Hall–Kier alpha value is -1.78. The van der Waals surface area contributed by atoms with E-state index in [9.17, 15) is 8.42 Å². The number of thiol groups is 1. The maximum Gasteiger partial charge on any atom is 0.252 e. The van der Waals surface area contributed by atoms with Crippen molar-refractivity contribution < 1.29 is 8.42 Å². The van der Waals surface area contributed by atoms with Crippen molar-refractivity contribution in [2.75, 3.05) is 24.5 Å². The molecule has 1 aliphatic heterocycles. The van der Waals surface area contributed by atoms with E-state index in [1.165, 1.54) is 6.33 Å². The molecule has 3 heterocycles. The Morgan fingerprint density at radius 3 is 2.87 bits per heavy atom. The van der Waals surface area contributed by atoms with Crippen molar-refractivity contribution in [2.45, 2.75) is 26.2 Å². The number of nitrogens with one attached hydrogen (secondary N) is 2. The Labute approximate surface area is 136 Å². The van der Waals surface area contributed by atoms with Crippen LogP contribution >= 0.6 is 0 Å². The highest BCUT2D eigenvalue weighted by Gasteiger charge is 2.21. The van der Waals surface area contributed by atoms with Crippen LogP contribution in [0.3, 0.4) is 0 Å². The van der Waals surface area contributed by atoms with Crippen LogP contribution in [-0.4, -0.2) is 47.6 Å². The molecule has 9 nitrogen and oxygen atoms in total. The molecule has 0 unspecified atom stereocenters. The van der Waals surface area contributed by atoms with Gasteiger partial charge in [0.25, 0.3) is 5.78 Å². The molecule has 1 fully saturated rings. The van der Waals surface area contributed by atoms with Crippen molar-refractivity contribution in [3.8, 4) is 0 Å². The summed E-state index contributed by atoms with van der Waals surface area (Å²) in [5.74, 6) is 1.23. The Bertz CT molecular complexity index is 729. The number of anilines is 1. The third-order valence-corrected chi connectivity index (χ3v) is 4.58. The summed E-state index contributed by atoms with van der Waals surface area (Å²) in [5.41, 5.74) is 4.78. The summed E-state index contributed by atoms with van der Waals surface area (Å²) < 4.78 is 22.5. The molecule has 23 heavy (non-hydrogen) atoms. The first-order valence-corrected chi connectivity index (χ1v) is 8.86. The zero-order chi connectivity index (χ0) is 16.2. The van der Waals surface area contributed by atoms with Crippen LogP contribution < -0.4 is 15.2 Å². The average molecular weight is 339 g/mol. The van der Waals surface area contributed by atoms with Gasteiger partial charge >= 0.3 is 0 Å². The van der Waals surface area contributed by atoms with E-state index in [1.54, 1.807) is 4.52 Å². The van der Waals surface area contributed by atoms with Crippen molar-refractivity contribution in [2.24, 2.45) is 5.92 Å². The number of aromatic nitrogens is 4. The quantitative estimate of drug-likeness (QED) is 0.376.